The number of ether oxygens (including phenoxy) is 1. The highest BCUT2D eigenvalue weighted by Crippen LogP contribution is 2.20. The molecule has 3 aromatic rings. The van der Waals surface area contributed by atoms with Crippen LogP contribution in [0, 0.1) is 0 Å². The minimum atomic E-state index is -3.64. The largest absolute Gasteiger partial charge is 0.497 e. The molecule has 0 aliphatic heterocycles. The zero-order chi connectivity index (χ0) is 16.4. The second-order valence-electron chi connectivity index (χ2n) is 5.16. The maximum absolute atomic E-state index is 12.4. The van der Waals surface area contributed by atoms with Gasteiger partial charge in [0.05, 0.1) is 29.1 Å². The summed E-state index contributed by atoms with van der Waals surface area (Å²) < 4.78 is 32.5. The minimum absolute atomic E-state index is 0.182. The molecule has 0 saturated heterocycles. The number of aromatic nitrogens is 2. The predicted molar refractivity (Wildman–Crippen MR) is 87.8 cm³/mol. The van der Waals surface area contributed by atoms with Crippen molar-refractivity contribution in [3.05, 3.63) is 54.4 Å². The number of benzene rings is 2. The van der Waals surface area contributed by atoms with E-state index in [1.807, 2.05) is 24.3 Å². The second-order valence-corrected chi connectivity index (χ2v) is 6.87. The van der Waals surface area contributed by atoms with E-state index in [1.54, 1.807) is 19.1 Å². The Morgan fingerprint density at radius 2 is 1.83 bits per heavy atom. The molecule has 23 heavy (non-hydrogen) atoms. The van der Waals surface area contributed by atoms with E-state index in [0.29, 0.717) is 11.6 Å². The Kier molecular flexibility index (Phi) is 4.06. The number of nitrogens with zero attached hydrogens (tertiary/aromatic N) is 1. The van der Waals surface area contributed by atoms with Gasteiger partial charge >= 0.3 is 0 Å². The number of aromatic amines is 1. The Hall–Kier alpha value is -2.38. The first-order chi connectivity index (χ1) is 11.0. The first-order valence-electron chi connectivity index (χ1n) is 7.10. The van der Waals surface area contributed by atoms with Crippen LogP contribution in [0.3, 0.4) is 0 Å². The summed E-state index contributed by atoms with van der Waals surface area (Å²) in [5, 5.41) is 0. The van der Waals surface area contributed by atoms with Crippen LogP contribution in [0.25, 0.3) is 11.0 Å². The summed E-state index contributed by atoms with van der Waals surface area (Å²) in [6, 6.07) is 13.3. The first-order valence-corrected chi connectivity index (χ1v) is 8.59. The number of methoxy groups -OCH3 is 1. The SMILES string of the molecule is COc1ccc(S(=O)(=O)NC(C)c2nc3ccccc3[nH]2)cc1. The standard InChI is InChI=1S/C16H17N3O3S/c1-11(16-17-14-5-3-4-6-15(14)18-16)19-23(20,21)13-9-7-12(22-2)8-10-13/h3-11,19H,1-2H3,(H,17,18). The third-order valence-electron chi connectivity index (χ3n) is 3.52. The Morgan fingerprint density at radius 3 is 2.48 bits per heavy atom. The molecule has 7 heteroatoms. The molecule has 0 aliphatic carbocycles. The highest BCUT2D eigenvalue weighted by atomic mass is 32.2. The molecule has 0 aliphatic rings. The van der Waals surface area contributed by atoms with Gasteiger partial charge < -0.3 is 9.72 Å². The van der Waals surface area contributed by atoms with Gasteiger partial charge in [-0.15, -0.1) is 0 Å². The maximum Gasteiger partial charge on any atom is 0.241 e. The number of sulfonamides is 1. The van der Waals surface area contributed by atoms with Crippen LogP contribution in [0.4, 0.5) is 0 Å². The van der Waals surface area contributed by atoms with E-state index in [0.717, 1.165) is 11.0 Å². The zero-order valence-corrected chi connectivity index (χ0v) is 13.6. The molecule has 3 rings (SSSR count). The van der Waals surface area contributed by atoms with E-state index >= 15 is 0 Å². The van der Waals surface area contributed by atoms with E-state index in [-0.39, 0.29) is 4.90 Å². The van der Waals surface area contributed by atoms with Gasteiger partial charge in [0.2, 0.25) is 10.0 Å². The molecule has 1 aromatic heterocycles. The van der Waals surface area contributed by atoms with Crippen molar-refractivity contribution in [1.82, 2.24) is 14.7 Å². The number of hydrogen-bond acceptors (Lipinski definition) is 4. The topological polar surface area (TPSA) is 84.1 Å². The van der Waals surface area contributed by atoms with E-state index in [4.69, 9.17) is 4.74 Å². The number of H-pyrrole nitrogens is 1. The van der Waals surface area contributed by atoms with Crippen molar-refractivity contribution in [3.8, 4) is 5.75 Å². The van der Waals surface area contributed by atoms with E-state index in [9.17, 15) is 8.42 Å². The van der Waals surface area contributed by atoms with Crippen molar-refractivity contribution in [1.29, 1.82) is 0 Å². The fourth-order valence-electron chi connectivity index (χ4n) is 2.29. The molecule has 1 unspecified atom stereocenters. The van der Waals surface area contributed by atoms with Crippen molar-refractivity contribution in [2.45, 2.75) is 17.9 Å². The van der Waals surface area contributed by atoms with Crippen LogP contribution >= 0.6 is 0 Å². The summed E-state index contributed by atoms with van der Waals surface area (Å²) in [6.07, 6.45) is 0. The molecule has 6 nitrogen and oxygen atoms in total. The fourth-order valence-corrected chi connectivity index (χ4v) is 3.50. The lowest BCUT2D eigenvalue weighted by Gasteiger charge is -2.12. The molecule has 2 N–H and O–H groups in total. The Labute approximate surface area is 134 Å². The number of fused-ring (bicyclic) bond motifs is 1. The van der Waals surface area contributed by atoms with E-state index in [1.165, 1.54) is 19.2 Å². The van der Waals surface area contributed by atoms with Crippen molar-refractivity contribution >= 4 is 21.1 Å². The molecule has 1 heterocycles. The molecule has 1 atom stereocenters. The Morgan fingerprint density at radius 1 is 1.13 bits per heavy atom. The minimum Gasteiger partial charge on any atom is -0.497 e. The van der Waals surface area contributed by atoms with Crippen LogP contribution in [0.5, 0.6) is 5.75 Å². The summed E-state index contributed by atoms with van der Waals surface area (Å²) in [7, 11) is -2.10. The normalized spacial score (nSPS) is 13.1. The average Bonchev–Trinajstić information content (AvgIpc) is 2.99. The summed E-state index contributed by atoms with van der Waals surface area (Å²) in [6.45, 7) is 1.75. The predicted octanol–water partition coefficient (Wildman–Crippen LogP) is 2.61. The lowest BCUT2D eigenvalue weighted by Crippen LogP contribution is -2.27. The zero-order valence-electron chi connectivity index (χ0n) is 12.8. The molecule has 2 aromatic carbocycles. The molecule has 120 valence electrons. The number of hydrogen-bond donors (Lipinski definition) is 2. The summed E-state index contributed by atoms with van der Waals surface area (Å²) in [5.41, 5.74) is 1.68. The van der Waals surface area contributed by atoms with Gasteiger partial charge in [0.1, 0.15) is 11.6 Å². The number of rotatable bonds is 5. The molecular formula is C16H17N3O3S. The second kappa shape index (κ2) is 6.02. The quantitative estimate of drug-likeness (QED) is 0.753. The Bertz CT molecular complexity index is 884. The average molecular weight is 331 g/mol. The Balaban J connectivity index is 1.83. The van der Waals surface area contributed by atoms with Crippen molar-refractivity contribution in [2.24, 2.45) is 0 Å². The van der Waals surface area contributed by atoms with Gasteiger partial charge in [-0.3, -0.25) is 0 Å². The number of nitrogens with one attached hydrogen (secondary N) is 2. The molecule has 0 amide bonds. The van der Waals surface area contributed by atoms with Crippen molar-refractivity contribution < 1.29 is 13.2 Å². The first kappa shape index (κ1) is 15.5. The highest BCUT2D eigenvalue weighted by molar-refractivity contribution is 7.89. The van der Waals surface area contributed by atoms with Gasteiger partial charge in [0.25, 0.3) is 0 Å². The van der Waals surface area contributed by atoms with E-state index in [2.05, 4.69) is 14.7 Å². The van der Waals surface area contributed by atoms with Gasteiger partial charge in [0.15, 0.2) is 0 Å². The van der Waals surface area contributed by atoms with Crippen molar-refractivity contribution in [3.63, 3.8) is 0 Å². The van der Waals surface area contributed by atoms with E-state index < -0.39 is 16.1 Å². The lowest BCUT2D eigenvalue weighted by molar-refractivity contribution is 0.414. The van der Waals surface area contributed by atoms with Gasteiger partial charge in [-0.25, -0.2) is 18.1 Å². The van der Waals surface area contributed by atoms with Crippen LogP contribution in [0.2, 0.25) is 0 Å². The molecule has 0 fully saturated rings. The lowest BCUT2D eigenvalue weighted by atomic mass is 10.3. The maximum atomic E-state index is 12.4. The fraction of sp³-hybridized carbons (Fsp3) is 0.188. The van der Waals surface area contributed by atoms with Crippen LogP contribution in [-0.4, -0.2) is 25.5 Å². The molecular weight excluding hydrogens is 314 g/mol. The summed E-state index contributed by atoms with van der Waals surface area (Å²) in [5.74, 6) is 1.18. The van der Waals surface area contributed by atoms with Gasteiger partial charge in [-0.2, -0.15) is 0 Å². The highest BCUT2D eigenvalue weighted by Gasteiger charge is 2.20. The van der Waals surface area contributed by atoms with Crippen LogP contribution in [0.15, 0.2) is 53.4 Å². The van der Waals surface area contributed by atoms with Gasteiger partial charge in [-0.05, 0) is 43.3 Å². The number of para-hydroxylation sites is 2. The summed E-state index contributed by atoms with van der Waals surface area (Å²) >= 11 is 0. The van der Waals surface area contributed by atoms with Crippen LogP contribution in [-0.2, 0) is 10.0 Å². The molecule has 0 radical (unpaired) electrons. The molecule has 0 spiro atoms. The number of imidazole rings is 1. The van der Waals surface area contributed by atoms with Crippen LogP contribution in [0.1, 0.15) is 18.8 Å². The van der Waals surface area contributed by atoms with Crippen molar-refractivity contribution in [2.75, 3.05) is 7.11 Å². The monoisotopic (exact) mass is 331 g/mol. The summed E-state index contributed by atoms with van der Waals surface area (Å²) in [4.78, 5) is 7.73. The van der Waals surface area contributed by atoms with Gasteiger partial charge in [0, 0.05) is 0 Å². The molecule has 0 saturated carbocycles. The van der Waals surface area contributed by atoms with Crippen LogP contribution < -0.4 is 9.46 Å². The third-order valence-corrected chi connectivity index (χ3v) is 5.08. The van der Waals surface area contributed by atoms with Gasteiger partial charge in [-0.1, -0.05) is 12.1 Å². The third kappa shape index (κ3) is 3.20. The smallest absolute Gasteiger partial charge is 0.241 e. The molecule has 0 bridgehead atoms.